The number of carbonyl (C=O) groups excluding carboxylic acids is 1. The van der Waals surface area contributed by atoms with Gasteiger partial charge in [0.25, 0.3) is 0 Å². The molecular weight excluding hydrogens is 390 g/mol. The normalized spacial score (nSPS) is 20.4. The SMILES string of the molecule is COC(=O)CC/C=C/[C@@H]1OC(C)(C)O[C@@H]1CN(Cc1ccccc1)Cc1ccccc1. The third-order valence-electron chi connectivity index (χ3n) is 5.23. The van der Waals surface area contributed by atoms with Crippen molar-refractivity contribution in [2.24, 2.45) is 0 Å². The fraction of sp³-hybridized carbons (Fsp3) is 0.423. The maximum absolute atomic E-state index is 11.3. The Hall–Kier alpha value is -2.47. The zero-order chi connectivity index (χ0) is 22.1. The lowest BCUT2D eigenvalue weighted by atomic mass is 10.1. The number of hydrogen-bond acceptors (Lipinski definition) is 5. The van der Waals surface area contributed by atoms with Crippen molar-refractivity contribution in [2.45, 2.75) is 57.8 Å². The molecule has 2 aromatic carbocycles. The molecule has 0 bridgehead atoms. The van der Waals surface area contributed by atoms with E-state index in [0.717, 1.165) is 19.6 Å². The summed E-state index contributed by atoms with van der Waals surface area (Å²) < 4.78 is 17.1. The van der Waals surface area contributed by atoms with Gasteiger partial charge in [0, 0.05) is 26.1 Å². The Balaban J connectivity index is 1.70. The van der Waals surface area contributed by atoms with Crippen molar-refractivity contribution in [3.63, 3.8) is 0 Å². The summed E-state index contributed by atoms with van der Waals surface area (Å²) in [6, 6.07) is 21.0. The van der Waals surface area contributed by atoms with E-state index in [4.69, 9.17) is 14.2 Å². The highest BCUT2D eigenvalue weighted by atomic mass is 16.7. The monoisotopic (exact) mass is 423 g/mol. The number of carbonyl (C=O) groups is 1. The molecule has 5 nitrogen and oxygen atoms in total. The Kier molecular flexibility index (Phi) is 8.41. The van der Waals surface area contributed by atoms with Gasteiger partial charge in [-0.3, -0.25) is 9.69 Å². The molecule has 3 rings (SSSR count). The molecule has 0 saturated carbocycles. The largest absolute Gasteiger partial charge is 0.469 e. The molecule has 2 atom stereocenters. The van der Waals surface area contributed by atoms with Crippen molar-refractivity contribution in [1.29, 1.82) is 0 Å². The summed E-state index contributed by atoms with van der Waals surface area (Å²) in [5, 5.41) is 0. The first kappa shape index (κ1) is 23.2. The van der Waals surface area contributed by atoms with Crippen molar-refractivity contribution >= 4 is 5.97 Å². The Labute approximate surface area is 185 Å². The van der Waals surface area contributed by atoms with Crippen LogP contribution in [0.5, 0.6) is 0 Å². The van der Waals surface area contributed by atoms with E-state index in [1.54, 1.807) is 0 Å². The summed E-state index contributed by atoms with van der Waals surface area (Å²) in [6.45, 7) is 6.28. The van der Waals surface area contributed by atoms with E-state index in [2.05, 4.69) is 53.4 Å². The minimum atomic E-state index is -0.646. The average Bonchev–Trinajstić information content (AvgIpc) is 3.05. The van der Waals surface area contributed by atoms with Gasteiger partial charge in [-0.15, -0.1) is 0 Å². The first-order valence-corrected chi connectivity index (χ1v) is 10.8. The van der Waals surface area contributed by atoms with Gasteiger partial charge in [-0.25, -0.2) is 0 Å². The predicted octanol–water partition coefficient (Wildman–Crippen LogP) is 4.72. The second kappa shape index (κ2) is 11.2. The van der Waals surface area contributed by atoms with Crippen molar-refractivity contribution in [3.05, 3.63) is 83.9 Å². The molecule has 0 aliphatic carbocycles. The van der Waals surface area contributed by atoms with Crippen LogP contribution in [-0.2, 0) is 32.1 Å². The molecule has 1 aliphatic rings. The lowest BCUT2D eigenvalue weighted by molar-refractivity contribution is -0.145. The van der Waals surface area contributed by atoms with Crippen LogP contribution in [0.15, 0.2) is 72.8 Å². The molecule has 0 radical (unpaired) electrons. The number of esters is 1. The van der Waals surface area contributed by atoms with Gasteiger partial charge in [0.15, 0.2) is 5.79 Å². The summed E-state index contributed by atoms with van der Waals surface area (Å²) in [4.78, 5) is 13.7. The number of allylic oxidation sites excluding steroid dienone is 1. The minimum absolute atomic E-state index is 0.100. The van der Waals surface area contributed by atoms with Crippen molar-refractivity contribution < 1.29 is 19.0 Å². The highest BCUT2D eigenvalue weighted by Gasteiger charge is 2.40. The van der Waals surface area contributed by atoms with Gasteiger partial charge >= 0.3 is 5.97 Å². The molecule has 166 valence electrons. The van der Waals surface area contributed by atoms with Gasteiger partial charge in [0.1, 0.15) is 12.2 Å². The topological polar surface area (TPSA) is 48.0 Å². The summed E-state index contributed by atoms with van der Waals surface area (Å²) in [5.41, 5.74) is 2.53. The molecule has 1 fully saturated rings. The van der Waals surface area contributed by atoms with E-state index in [-0.39, 0.29) is 18.2 Å². The number of methoxy groups -OCH3 is 1. The Morgan fingerprint density at radius 1 is 1.00 bits per heavy atom. The quantitative estimate of drug-likeness (QED) is 0.409. The first-order chi connectivity index (χ1) is 14.9. The van der Waals surface area contributed by atoms with Gasteiger partial charge in [0.05, 0.1) is 7.11 Å². The lowest BCUT2D eigenvalue weighted by Gasteiger charge is -2.27. The smallest absolute Gasteiger partial charge is 0.305 e. The second-order valence-electron chi connectivity index (χ2n) is 8.32. The van der Waals surface area contributed by atoms with Gasteiger partial charge in [0.2, 0.25) is 0 Å². The van der Waals surface area contributed by atoms with E-state index in [9.17, 15) is 4.79 Å². The molecule has 5 heteroatoms. The van der Waals surface area contributed by atoms with E-state index in [1.165, 1.54) is 18.2 Å². The molecule has 1 saturated heterocycles. The van der Waals surface area contributed by atoms with Crippen LogP contribution in [0, 0.1) is 0 Å². The fourth-order valence-corrected chi connectivity index (χ4v) is 3.82. The summed E-state index contributed by atoms with van der Waals surface area (Å²) >= 11 is 0. The van der Waals surface area contributed by atoms with Crippen LogP contribution in [0.2, 0.25) is 0 Å². The average molecular weight is 424 g/mol. The number of nitrogens with zero attached hydrogens (tertiary/aromatic N) is 1. The molecule has 1 aliphatic heterocycles. The first-order valence-electron chi connectivity index (χ1n) is 10.8. The summed E-state index contributed by atoms with van der Waals surface area (Å²) in [5.74, 6) is -0.852. The second-order valence-corrected chi connectivity index (χ2v) is 8.32. The van der Waals surface area contributed by atoms with E-state index in [0.29, 0.717) is 12.8 Å². The van der Waals surface area contributed by atoms with Crippen LogP contribution >= 0.6 is 0 Å². The van der Waals surface area contributed by atoms with Gasteiger partial charge < -0.3 is 14.2 Å². The number of rotatable bonds is 10. The molecule has 1 heterocycles. The van der Waals surface area contributed by atoms with Gasteiger partial charge in [-0.1, -0.05) is 72.8 Å². The third-order valence-corrected chi connectivity index (χ3v) is 5.23. The van der Waals surface area contributed by atoms with Crippen LogP contribution in [0.25, 0.3) is 0 Å². The van der Waals surface area contributed by atoms with Gasteiger partial charge in [-0.05, 0) is 31.4 Å². The number of benzene rings is 2. The Bertz CT molecular complexity index is 794. The summed E-state index contributed by atoms with van der Waals surface area (Å²) in [6.07, 6.45) is 4.72. The molecule has 2 aromatic rings. The van der Waals surface area contributed by atoms with Crippen LogP contribution < -0.4 is 0 Å². The molecule has 0 amide bonds. The number of hydrogen-bond donors (Lipinski definition) is 0. The Morgan fingerprint density at radius 3 is 2.13 bits per heavy atom. The lowest BCUT2D eigenvalue weighted by Crippen LogP contribution is -2.37. The van der Waals surface area contributed by atoms with Crippen molar-refractivity contribution in [2.75, 3.05) is 13.7 Å². The molecule has 31 heavy (non-hydrogen) atoms. The van der Waals surface area contributed by atoms with Crippen molar-refractivity contribution in [3.8, 4) is 0 Å². The van der Waals surface area contributed by atoms with Crippen molar-refractivity contribution in [1.82, 2.24) is 4.90 Å². The summed E-state index contributed by atoms with van der Waals surface area (Å²) in [7, 11) is 1.41. The van der Waals surface area contributed by atoms with E-state index < -0.39 is 5.79 Å². The van der Waals surface area contributed by atoms with Crippen LogP contribution in [0.1, 0.15) is 37.8 Å². The maximum atomic E-state index is 11.3. The molecule has 0 spiro atoms. The zero-order valence-electron chi connectivity index (χ0n) is 18.7. The van der Waals surface area contributed by atoms with E-state index in [1.807, 2.05) is 38.1 Å². The van der Waals surface area contributed by atoms with Crippen LogP contribution in [0.3, 0.4) is 0 Å². The zero-order valence-corrected chi connectivity index (χ0v) is 18.7. The third kappa shape index (κ3) is 7.62. The molecule has 0 aromatic heterocycles. The van der Waals surface area contributed by atoms with Crippen LogP contribution in [-0.4, -0.2) is 42.5 Å². The minimum Gasteiger partial charge on any atom is -0.469 e. The highest BCUT2D eigenvalue weighted by molar-refractivity contribution is 5.69. The predicted molar refractivity (Wildman–Crippen MR) is 121 cm³/mol. The molecule has 0 unspecified atom stereocenters. The van der Waals surface area contributed by atoms with E-state index >= 15 is 0 Å². The fourth-order valence-electron chi connectivity index (χ4n) is 3.82. The number of ether oxygens (including phenoxy) is 3. The highest BCUT2D eigenvalue weighted by Crippen LogP contribution is 2.30. The molecular formula is C26H33NO4. The standard InChI is InChI=1S/C26H33NO4/c1-26(2)30-23(16-10-11-17-25(28)29-3)24(31-26)20-27(18-21-12-6-4-7-13-21)19-22-14-8-5-9-15-22/h4-10,12-16,23-24H,11,17-20H2,1-3H3/b16-10+/t23-,24+/m0/s1. The van der Waals surface area contributed by atoms with Gasteiger partial charge in [-0.2, -0.15) is 0 Å². The molecule has 0 N–H and O–H groups in total. The Morgan fingerprint density at radius 2 is 1.58 bits per heavy atom. The maximum Gasteiger partial charge on any atom is 0.305 e. The van der Waals surface area contributed by atoms with Crippen LogP contribution in [0.4, 0.5) is 0 Å².